The van der Waals surface area contributed by atoms with Crippen LogP contribution in [0.3, 0.4) is 0 Å². The van der Waals surface area contributed by atoms with Crippen LogP contribution in [0.2, 0.25) is 0 Å². The van der Waals surface area contributed by atoms with Gasteiger partial charge >= 0.3 is 0 Å². The molecule has 1 atom stereocenters. The standard InChI is InChI=1S/C13H24N2OS/c1-13(2)5-7-15(8-9-17-13)12(16)11-4-3-6-14-10-11/h11,14H,3-10H2,1-2H3/t11-/m1/s1. The summed E-state index contributed by atoms with van der Waals surface area (Å²) in [7, 11) is 0. The average Bonchev–Trinajstić information content (AvgIpc) is 2.50. The van der Waals surface area contributed by atoms with Crippen molar-refractivity contribution in [2.24, 2.45) is 5.92 Å². The van der Waals surface area contributed by atoms with Crippen molar-refractivity contribution in [1.82, 2.24) is 10.2 Å². The quantitative estimate of drug-likeness (QED) is 0.775. The Labute approximate surface area is 109 Å². The highest BCUT2D eigenvalue weighted by Gasteiger charge is 2.30. The number of carbonyl (C=O) groups excluding carboxylic acids is 1. The molecule has 2 rings (SSSR count). The molecule has 2 aliphatic rings. The van der Waals surface area contributed by atoms with E-state index in [-0.39, 0.29) is 5.92 Å². The fraction of sp³-hybridized carbons (Fsp3) is 0.923. The van der Waals surface area contributed by atoms with Gasteiger partial charge in [0.05, 0.1) is 5.92 Å². The van der Waals surface area contributed by atoms with Crippen molar-refractivity contribution in [2.75, 3.05) is 31.9 Å². The largest absolute Gasteiger partial charge is 0.342 e. The van der Waals surface area contributed by atoms with E-state index in [9.17, 15) is 4.79 Å². The van der Waals surface area contributed by atoms with Crippen LogP contribution < -0.4 is 5.32 Å². The van der Waals surface area contributed by atoms with E-state index in [2.05, 4.69) is 24.1 Å². The predicted molar refractivity (Wildman–Crippen MR) is 73.3 cm³/mol. The second-order valence-electron chi connectivity index (χ2n) is 5.73. The van der Waals surface area contributed by atoms with Crippen LogP contribution in [-0.4, -0.2) is 47.5 Å². The van der Waals surface area contributed by atoms with Crippen molar-refractivity contribution in [2.45, 2.75) is 37.9 Å². The van der Waals surface area contributed by atoms with Gasteiger partial charge in [-0.25, -0.2) is 0 Å². The highest BCUT2D eigenvalue weighted by Crippen LogP contribution is 2.31. The maximum Gasteiger partial charge on any atom is 0.226 e. The number of nitrogens with zero attached hydrogens (tertiary/aromatic N) is 1. The van der Waals surface area contributed by atoms with Gasteiger partial charge in [0.25, 0.3) is 0 Å². The minimum Gasteiger partial charge on any atom is -0.342 e. The zero-order chi connectivity index (χ0) is 12.3. The molecule has 17 heavy (non-hydrogen) atoms. The maximum absolute atomic E-state index is 12.4. The first-order valence-corrected chi connectivity index (χ1v) is 7.70. The number of amides is 1. The molecule has 0 saturated carbocycles. The number of hydrogen-bond acceptors (Lipinski definition) is 3. The lowest BCUT2D eigenvalue weighted by Crippen LogP contribution is -2.44. The molecule has 0 aromatic heterocycles. The van der Waals surface area contributed by atoms with Crippen LogP contribution >= 0.6 is 11.8 Å². The SMILES string of the molecule is CC1(C)CCN(C(=O)[C@@H]2CCCNC2)CCS1. The first kappa shape index (κ1) is 13.2. The van der Waals surface area contributed by atoms with E-state index < -0.39 is 0 Å². The van der Waals surface area contributed by atoms with Gasteiger partial charge in [0.15, 0.2) is 0 Å². The molecular formula is C13H24N2OS. The Bertz CT molecular complexity index is 275. The van der Waals surface area contributed by atoms with Crippen LogP contribution in [0.5, 0.6) is 0 Å². The molecular weight excluding hydrogens is 232 g/mol. The Hall–Kier alpha value is -0.220. The molecule has 2 aliphatic heterocycles. The van der Waals surface area contributed by atoms with E-state index in [4.69, 9.17) is 0 Å². The van der Waals surface area contributed by atoms with Gasteiger partial charge in [-0.3, -0.25) is 4.79 Å². The Morgan fingerprint density at radius 3 is 2.94 bits per heavy atom. The highest BCUT2D eigenvalue weighted by molar-refractivity contribution is 8.00. The first-order valence-electron chi connectivity index (χ1n) is 6.72. The van der Waals surface area contributed by atoms with Crippen molar-refractivity contribution in [3.63, 3.8) is 0 Å². The minimum atomic E-state index is 0.231. The van der Waals surface area contributed by atoms with Gasteiger partial charge in [0, 0.05) is 30.1 Å². The molecule has 0 aromatic rings. The summed E-state index contributed by atoms with van der Waals surface area (Å²) in [5.74, 6) is 1.70. The molecule has 4 heteroatoms. The smallest absolute Gasteiger partial charge is 0.226 e. The summed E-state index contributed by atoms with van der Waals surface area (Å²) in [6.45, 7) is 8.40. The topological polar surface area (TPSA) is 32.3 Å². The van der Waals surface area contributed by atoms with Gasteiger partial charge in [0.2, 0.25) is 5.91 Å². The zero-order valence-electron chi connectivity index (χ0n) is 11.0. The Morgan fingerprint density at radius 1 is 1.41 bits per heavy atom. The van der Waals surface area contributed by atoms with Crippen LogP contribution in [0.4, 0.5) is 0 Å². The van der Waals surface area contributed by atoms with Crippen molar-refractivity contribution in [3.05, 3.63) is 0 Å². The molecule has 0 aliphatic carbocycles. The molecule has 2 heterocycles. The van der Waals surface area contributed by atoms with Crippen molar-refractivity contribution in [1.29, 1.82) is 0 Å². The lowest BCUT2D eigenvalue weighted by atomic mass is 9.97. The third-order valence-electron chi connectivity index (χ3n) is 3.80. The molecule has 1 amide bonds. The lowest BCUT2D eigenvalue weighted by Gasteiger charge is -2.29. The van der Waals surface area contributed by atoms with Crippen LogP contribution in [-0.2, 0) is 4.79 Å². The highest BCUT2D eigenvalue weighted by atomic mass is 32.2. The van der Waals surface area contributed by atoms with E-state index in [1.165, 1.54) is 0 Å². The summed E-state index contributed by atoms with van der Waals surface area (Å²) in [4.78, 5) is 14.5. The number of rotatable bonds is 1. The lowest BCUT2D eigenvalue weighted by molar-refractivity contribution is -0.135. The van der Waals surface area contributed by atoms with Crippen molar-refractivity contribution >= 4 is 17.7 Å². The molecule has 0 aromatic carbocycles. The van der Waals surface area contributed by atoms with Crippen LogP contribution in [0.15, 0.2) is 0 Å². The molecule has 0 bridgehead atoms. The summed E-state index contributed by atoms with van der Waals surface area (Å²) in [6.07, 6.45) is 3.33. The summed E-state index contributed by atoms with van der Waals surface area (Å²) < 4.78 is 0.333. The molecule has 0 spiro atoms. The predicted octanol–water partition coefficient (Wildman–Crippen LogP) is 1.73. The van der Waals surface area contributed by atoms with E-state index in [1.807, 2.05) is 11.8 Å². The molecule has 3 nitrogen and oxygen atoms in total. The van der Waals surface area contributed by atoms with E-state index in [1.54, 1.807) is 0 Å². The number of thioether (sulfide) groups is 1. The van der Waals surface area contributed by atoms with Crippen LogP contribution in [0.1, 0.15) is 33.1 Å². The normalized spacial score (nSPS) is 29.8. The molecule has 0 radical (unpaired) electrons. The van der Waals surface area contributed by atoms with Gasteiger partial charge in [-0.2, -0.15) is 11.8 Å². The van der Waals surface area contributed by atoms with Gasteiger partial charge < -0.3 is 10.2 Å². The maximum atomic E-state index is 12.4. The van der Waals surface area contributed by atoms with E-state index in [0.717, 1.165) is 51.2 Å². The summed E-state index contributed by atoms with van der Waals surface area (Å²) in [6, 6.07) is 0. The summed E-state index contributed by atoms with van der Waals surface area (Å²) in [5.41, 5.74) is 0. The Kier molecular flexibility index (Phi) is 4.36. The second kappa shape index (κ2) is 5.61. The Balaban J connectivity index is 1.90. The third kappa shape index (κ3) is 3.62. The van der Waals surface area contributed by atoms with Crippen LogP contribution in [0.25, 0.3) is 0 Å². The molecule has 2 fully saturated rings. The van der Waals surface area contributed by atoms with Crippen molar-refractivity contribution in [3.8, 4) is 0 Å². The summed E-state index contributed by atoms with van der Waals surface area (Å²) in [5, 5.41) is 3.33. The number of hydrogen-bond donors (Lipinski definition) is 1. The zero-order valence-corrected chi connectivity index (χ0v) is 11.8. The first-order chi connectivity index (χ1) is 8.08. The van der Waals surface area contributed by atoms with Gasteiger partial charge in [-0.05, 0) is 25.8 Å². The summed E-state index contributed by atoms with van der Waals surface area (Å²) >= 11 is 2.00. The number of piperidine rings is 1. The average molecular weight is 256 g/mol. The fourth-order valence-corrected chi connectivity index (χ4v) is 3.66. The molecule has 98 valence electrons. The third-order valence-corrected chi connectivity index (χ3v) is 5.17. The van der Waals surface area contributed by atoms with Gasteiger partial charge in [-0.15, -0.1) is 0 Å². The van der Waals surface area contributed by atoms with E-state index >= 15 is 0 Å². The molecule has 0 unspecified atom stereocenters. The second-order valence-corrected chi connectivity index (χ2v) is 7.53. The fourth-order valence-electron chi connectivity index (χ4n) is 2.56. The van der Waals surface area contributed by atoms with E-state index in [0.29, 0.717) is 10.7 Å². The number of nitrogens with one attached hydrogen (secondary N) is 1. The number of carbonyl (C=O) groups is 1. The Morgan fingerprint density at radius 2 is 2.24 bits per heavy atom. The molecule has 2 saturated heterocycles. The van der Waals surface area contributed by atoms with Crippen molar-refractivity contribution < 1.29 is 4.79 Å². The monoisotopic (exact) mass is 256 g/mol. The molecule has 1 N–H and O–H groups in total. The minimum absolute atomic E-state index is 0.231. The van der Waals surface area contributed by atoms with Gasteiger partial charge in [-0.1, -0.05) is 13.8 Å². The van der Waals surface area contributed by atoms with Crippen LogP contribution in [0, 0.1) is 5.92 Å². The van der Waals surface area contributed by atoms with Gasteiger partial charge in [0.1, 0.15) is 0 Å².